The fourth-order valence-corrected chi connectivity index (χ4v) is 1.68. The third-order valence-electron chi connectivity index (χ3n) is 1.41. The van der Waals surface area contributed by atoms with Crippen LogP contribution in [-0.4, -0.2) is 33.6 Å². The van der Waals surface area contributed by atoms with Gasteiger partial charge in [-0.2, -0.15) is 12.6 Å². The van der Waals surface area contributed by atoms with Crippen molar-refractivity contribution in [2.24, 2.45) is 0 Å². The van der Waals surface area contributed by atoms with Crippen molar-refractivity contribution in [2.75, 3.05) is 12.9 Å². The lowest BCUT2D eigenvalue weighted by Crippen LogP contribution is -2.33. The van der Waals surface area contributed by atoms with Crippen LogP contribution in [0.2, 0.25) is 0 Å². The Kier molecular flexibility index (Phi) is 4.89. The zero-order valence-electron chi connectivity index (χ0n) is 7.03. The Labute approximate surface area is 81.3 Å². The Bertz CT molecular complexity index is 193. The van der Waals surface area contributed by atoms with E-state index in [9.17, 15) is 9.59 Å². The first-order valence-electron chi connectivity index (χ1n) is 3.37. The third-order valence-corrected chi connectivity index (χ3v) is 3.41. The second-order valence-electron chi connectivity index (χ2n) is 2.45. The van der Waals surface area contributed by atoms with Gasteiger partial charge < -0.3 is 5.11 Å². The first kappa shape index (κ1) is 12.0. The number of carbonyl (C=O) groups is 2. The van der Waals surface area contributed by atoms with Gasteiger partial charge in [0.05, 0.1) is 0 Å². The molecule has 0 spiro atoms. The largest absolute Gasteiger partial charge is 0.388 e. The van der Waals surface area contributed by atoms with Crippen molar-refractivity contribution in [3.05, 3.63) is 0 Å². The molecule has 0 aromatic carbocycles. The molecule has 0 aliphatic carbocycles. The fourth-order valence-electron chi connectivity index (χ4n) is 0.746. The summed E-state index contributed by atoms with van der Waals surface area (Å²) in [5.41, 5.74) is 0. The highest BCUT2D eigenvalue weighted by Gasteiger charge is 2.33. The van der Waals surface area contributed by atoms with Gasteiger partial charge in [-0.05, 0) is 13.2 Å². The van der Waals surface area contributed by atoms with Crippen molar-refractivity contribution in [1.29, 1.82) is 0 Å². The molecule has 0 aliphatic heterocycles. The molecule has 0 radical (unpaired) electrons. The predicted molar refractivity (Wildman–Crippen MR) is 52.6 cm³/mol. The van der Waals surface area contributed by atoms with Crippen molar-refractivity contribution in [3.8, 4) is 0 Å². The number of hydrogen-bond acceptors (Lipinski definition) is 5. The average molecular weight is 208 g/mol. The molecular weight excluding hydrogens is 196 g/mol. The second kappa shape index (κ2) is 4.89. The van der Waals surface area contributed by atoms with Crippen molar-refractivity contribution in [1.82, 2.24) is 0 Å². The normalized spacial score (nSPS) is 15.3. The van der Waals surface area contributed by atoms with E-state index in [-0.39, 0.29) is 12.2 Å². The lowest BCUT2D eigenvalue weighted by Gasteiger charge is -2.22. The summed E-state index contributed by atoms with van der Waals surface area (Å²) < 4.78 is -1.05. The maximum Gasteiger partial charge on any atom is 0.184 e. The average Bonchev–Trinajstić information content (AvgIpc) is 2.01. The molecule has 1 N–H and O–H groups in total. The minimum atomic E-state index is -1.05. The summed E-state index contributed by atoms with van der Waals surface area (Å²) >= 11 is 5.23. The predicted octanol–water partition coefficient (Wildman–Crippen LogP) is 0.516. The highest BCUT2D eigenvalue weighted by Crippen LogP contribution is 2.32. The number of thiol groups is 1. The molecule has 0 rings (SSSR count). The van der Waals surface area contributed by atoms with Crippen LogP contribution in [0.3, 0.4) is 0 Å². The zero-order chi connectivity index (χ0) is 9.78. The molecule has 0 bridgehead atoms. The zero-order valence-corrected chi connectivity index (χ0v) is 8.74. The van der Waals surface area contributed by atoms with E-state index in [1.165, 1.54) is 18.7 Å². The Hall–Kier alpha value is -0.0000000000000000763. The molecule has 0 aromatic heterocycles. The van der Waals surface area contributed by atoms with Gasteiger partial charge in [-0.25, -0.2) is 0 Å². The van der Waals surface area contributed by atoms with Gasteiger partial charge in [-0.15, -0.1) is 11.8 Å². The van der Waals surface area contributed by atoms with Gasteiger partial charge in [-0.1, -0.05) is 0 Å². The van der Waals surface area contributed by atoms with E-state index in [4.69, 9.17) is 5.11 Å². The van der Waals surface area contributed by atoms with Crippen molar-refractivity contribution < 1.29 is 14.7 Å². The second-order valence-corrected chi connectivity index (χ2v) is 4.62. The molecule has 5 heteroatoms. The summed E-state index contributed by atoms with van der Waals surface area (Å²) in [5.74, 6) is -0.533. The summed E-state index contributed by atoms with van der Waals surface area (Å²) in [6, 6.07) is 0. The molecule has 0 saturated heterocycles. The molecule has 1 unspecified atom stereocenters. The maximum atomic E-state index is 11.1. The first-order chi connectivity index (χ1) is 5.46. The van der Waals surface area contributed by atoms with Crippen molar-refractivity contribution in [2.45, 2.75) is 17.4 Å². The number of ketones is 2. The number of rotatable bonds is 5. The van der Waals surface area contributed by atoms with E-state index in [1.54, 1.807) is 6.26 Å². The van der Waals surface area contributed by atoms with Crippen molar-refractivity contribution >= 4 is 36.0 Å². The summed E-state index contributed by atoms with van der Waals surface area (Å²) in [6.07, 6.45) is 1.74. The van der Waals surface area contributed by atoms with Gasteiger partial charge in [-0.3, -0.25) is 9.59 Å². The molecule has 70 valence electrons. The van der Waals surface area contributed by atoms with Crippen LogP contribution in [0.15, 0.2) is 0 Å². The van der Waals surface area contributed by atoms with E-state index < -0.39 is 16.5 Å². The highest BCUT2D eigenvalue weighted by molar-refractivity contribution is 8.12. The number of carbonyl (C=O) groups excluding carboxylic acids is 2. The molecule has 0 saturated carbocycles. The molecule has 3 nitrogen and oxygen atoms in total. The van der Waals surface area contributed by atoms with Crippen LogP contribution in [-0.2, 0) is 9.59 Å². The van der Waals surface area contributed by atoms with Gasteiger partial charge in [0.2, 0.25) is 0 Å². The van der Waals surface area contributed by atoms with Crippen LogP contribution < -0.4 is 0 Å². The van der Waals surface area contributed by atoms with E-state index in [0.29, 0.717) is 0 Å². The van der Waals surface area contributed by atoms with Crippen molar-refractivity contribution in [3.63, 3.8) is 0 Å². The summed E-state index contributed by atoms with van der Waals surface area (Å²) in [4.78, 5) is 21.8. The third kappa shape index (κ3) is 3.16. The lowest BCUT2D eigenvalue weighted by molar-refractivity contribution is -0.125. The van der Waals surface area contributed by atoms with Crippen LogP contribution in [0, 0.1) is 0 Å². The van der Waals surface area contributed by atoms with Gasteiger partial charge in [0.15, 0.2) is 5.78 Å². The Morgan fingerprint density at radius 2 is 2.08 bits per heavy atom. The molecule has 0 aliphatic rings. The molecule has 0 fully saturated rings. The van der Waals surface area contributed by atoms with Crippen LogP contribution in [0.25, 0.3) is 0 Å². The molecule has 1 atom stereocenters. The number of hydrogen-bond donors (Lipinski definition) is 2. The van der Waals surface area contributed by atoms with Gasteiger partial charge in [0.25, 0.3) is 0 Å². The van der Waals surface area contributed by atoms with Crippen LogP contribution in [0.4, 0.5) is 0 Å². The fraction of sp³-hybridized carbons (Fsp3) is 0.714. The lowest BCUT2D eigenvalue weighted by atomic mass is 10.1. The highest BCUT2D eigenvalue weighted by atomic mass is 32.2. The number of thioether (sulfide) groups is 1. The van der Waals surface area contributed by atoms with Gasteiger partial charge in [0, 0.05) is 6.42 Å². The minimum Gasteiger partial charge on any atom is -0.388 e. The van der Waals surface area contributed by atoms with Gasteiger partial charge in [0.1, 0.15) is 16.5 Å². The number of aliphatic hydroxyl groups is 1. The molecule has 0 aromatic rings. The van der Waals surface area contributed by atoms with Crippen LogP contribution in [0.1, 0.15) is 13.3 Å². The molecule has 0 amide bonds. The van der Waals surface area contributed by atoms with Crippen LogP contribution >= 0.6 is 24.4 Å². The minimum absolute atomic E-state index is 0.0523. The quantitative estimate of drug-likeness (QED) is 0.511. The Morgan fingerprint density at radius 3 is 2.33 bits per heavy atom. The van der Waals surface area contributed by atoms with E-state index in [0.717, 1.165) is 0 Å². The Balaban J connectivity index is 4.44. The summed E-state index contributed by atoms with van der Waals surface area (Å²) in [6.45, 7) is 0.823. The summed E-state index contributed by atoms with van der Waals surface area (Å²) in [5, 5.41) is 8.59. The Morgan fingerprint density at radius 1 is 1.58 bits per heavy atom. The van der Waals surface area contributed by atoms with Crippen LogP contribution in [0.5, 0.6) is 0 Å². The van der Waals surface area contributed by atoms with E-state index in [2.05, 4.69) is 12.6 Å². The number of aliphatic hydroxyl groups excluding tert-OH is 1. The standard InChI is InChI=1S/C7H12O3S2/c1-5(9)3-7(11,12-2)6(10)4-8/h8,11H,3-4H2,1-2H3. The molecule has 12 heavy (non-hydrogen) atoms. The maximum absolute atomic E-state index is 11.1. The summed E-state index contributed by atoms with van der Waals surface area (Å²) in [7, 11) is 0. The SMILES string of the molecule is CSC(S)(CC(C)=O)C(=O)CO. The molecular formula is C7H12O3S2. The monoisotopic (exact) mass is 208 g/mol. The van der Waals surface area contributed by atoms with E-state index >= 15 is 0 Å². The first-order valence-corrected chi connectivity index (χ1v) is 5.04. The smallest absolute Gasteiger partial charge is 0.184 e. The van der Waals surface area contributed by atoms with Gasteiger partial charge >= 0.3 is 0 Å². The molecule has 0 heterocycles. The topological polar surface area (TPSA) is 54.4 Å². The number of Topliss-reactive ketones (excluding diaryl/α,β-unsaturated/α-hetero) is 2. The van der Waals surface area contributed by atoms with E-state index in [1.807, 2.05) is 0 Å².